The van der Waals surface area contributed by atoms with Crippen LogP contribution >= 0.6 is 0 Å². The van der Waals surface area contributed by atoms with Gasteiger partial charge in [0, 0.05) is 12.2 Å². The van der Waals surface area contributed by atoms with Crippen molar-refractivity contribution in [3.8, 4) is 0 Å². The Balaban J connectivity index is 2.35. The summed E-state index contributed by atoms with van der Waals surface area (Å²) in [6, 6.07) is 11.7. The molecular weight excluding hydrogens is 290 g/mol. The van der Waals surface area contributed by atoms with Crippen LogP contribution in [0.1, 0.15) is 54.7 Å². The van der Waals surface area contributed by atoms with Crippen LogP contribution in [-0.2, 0) is 5.41 Å². The molecule has 0 amide bonds. The van der Waals surface area contributed by atoms with Crippen LogP contribution in [0, 0.1) is 6.92 Å². The molecule has 2 aromatic rings. The zero-order valence-corrected chi connectivity index (χ0v) is 14.0. The maximum atomic E-state index is 12.5. The van der Waals surface area contributed by atoms with E-state index < -0.39 is 11.5 Å². The van der Waals surface area contributed by atoms with Gasteiger partial charge in [-0.15, -0.1) is 0 Å². The molecule has 0 saturated heterocycles. The molecule has 1 heterocycles. The predicted molar refractivity (Wildman–Crippen MR) is 91.2 cm³/mol. The van der Waals surface area contributed by atoms with E-state index in [2.05, 4.69) is 26.0 Å². The van der Waals surface area contributed by atoms with E-state index in [4.69, 9.17) is 0 Å². The van der Waals surface area contributed by atoms with Gasteiger partial charge in [0.15, 0.2) is 0 Å². The highest BCUT2D eigenvalue weighted by Gasteiger charge is 2.25. The number of aryl methyl sites for hydroxylation is 1. The molecule has 1 atom stereocenters. The molecule has 122 valence electrons. The average Bonchev–Trinajstić information content (AvgIpc) is 2.47. The minimum absolute atomic E-state index is 0.101. The van der Waals surface area contributed by atoms with E-state index in [9.17, 15) is 14.7 Å². The van der Waals surface area contributed by atoms with Crippen LogP contribution in [0.2, 0.25) is 0 Å². The van der Waals surface area contributed by atoms with Gasteiger partial charge < -0.3 is 9.67 Å². The molecule has 4 nitrogen and oxygen atoms in total. The van der Waals surface area contributed by atoms with Crippen molar-refractivity contribution in [2.24, 2.45) is 0 Å². The molecule has 0 aliphatic carbocycles. The van der Waals surface area contributed by atoms with Crippen molar-refractivity contribution in [2.45, 2.75) is 45.6 Å². The van der Waals surface area contributed by atoms with Crippen LogP contribution in [0.4, 0.5) is 0 Å². The number of carboxylic acids is 1. The van der Waals surface area contributed by atoms with Crippen molar-refractivity contribution in [1.29, 1.82) is 0 Å². The lowest BCUT2D eigenvalue weighted by Gasteiger charge is -2.29. The predicted octanol–water partition coefficient (Wildman–Crippen LogP) is 3.78. The van der Waals surface area contributed by atoms with Crippen LogP contribution in [0.15, 0.2) is 47.4 Å². The van der Waals surface area contributed by atoms with Crippen LogP contribution in [0.3, 0.4) is 0 Å². The van der Waals surface area contributed by atoms with Crippen molar-refractivity contribution < 1.29 is 9.90 Å². The Labute approximate surface area is 136 Å². The zero-order valence-electron chi connectivity index (χ0n) is 14.0. The first-order valence-corrected chi connectivity index (χ1v) is 7.74. The summed E-state index contributed by atoms with van der Waals surface area (Å²) >= 11 is 0. The Kier molecular flexibility index (Phi) is 4.73. The summed E-state index contributed by atoms with van der Waals surface area (Å²) in [6.07, 6.45) is 2.43. The lowest BCUT2D eigenvalue weighted by Crippen LogP contribution is -2.32. The van der Waals surface area contributed by atoms with Gasteiger partial charge in [0.1, 0.15) is 5.56 Å². The minimum atomic E-state index is -1.17. The van der Waals surface area contributed by atoms with E-state index in [-0.39, 0.29) is 17.0 Å². The molecule has 23 heavy (non-hydrogen) atoms. The van der Waals surface area contributed by atoms with Gasteiger partial charge in [-0.3, -0.25) is 4.79 Å². The molecular formula is C19H23NO3. The topological polar surface area (TPSA) is 59.3 Å². The highest BCUT2D eigenvalue weighted by molar-refractivity contribution is 5.88. The van der Waals surface area contributed by atoms with E-state index in [1.165, 1.54) is 10.1 Å². The van der Waals surface area contributed by atoms with Crippen molar-refractivity contribution in [1.82, 2.24) is 4.57 Å². The number of hydrogen-bond acceptors (Lipinski definition) is 2. The second kappa shape index (κ2) is 6.41. The third-order valence-electron chi connectivity index (χ3n) is 4.38. The molecule has 4 heteroatoms. The van der Waals surface area contributed by atoms with E-state index in [0.717, 1.165) is 6.42 Å². The minimum Gasteiger partial charge on any atom is -0.477 e. The van der Waals surface area contributed by atoms with Crippen LogP contribution in [0.5, 0.6) is 0 Å². The molecule has 2 rings (SSSR count). The number of carboxylic acid groups (broad SMARTS) is 1. The fourth-order valence-electron chi connectivity index (χ4n) is 3.09. The molecule has 0 aliphatic rings. The molecule has 0 aliphatic heterocycles. The number of nitrogens with zero attached hydrogens (tertiary/aromatic N) is 1. The summed E-state index contributed by atoms with van der Waals surface area (Å²) in [5.41, 5.74) is 0.999. The molecule has 1 aromatic carbocycles. The fraction of sp³-hybridized carbons (Fsp3) is 0.368. The smallest absolute Gasteiger partial charge is 0.341 e. The van der Waals surface area contributed by atoms with Crippen molar-refractivity contribution >= 4 is 5.97 Å². The van der Waals surface area contributed by atoms with Gasteiger partial charge in [0.2, 0.25) is 0 Å². The van der Waals surface area contributed by atoms with E-state index in [1.54, 1.807) is 19.2 Å². The van der Waals surface area contributed by atoms with Crippen LogP contribution < -0.4 is 5.56 Å². The van der Waals surface area contributed by atoms with Crippen LogP contribution in [-0.4, -0.2) is 15.6 Å². The number of rotatable bonds is 5. The number of pyridine rings is 1. The second-order valence-corrected chi connectivity index (χ2v) is 6.69. The fourth-order valence-corrected chi connectivity index (χ4v) is 3.09. The molecule has 0 spiro atoms. The summed E-state index contributed by atoms with van der Waals surface area (Å²) in [5, 5.41) is 9.25. The maximum Gasteiger partial charge on any atom is 0.341 e. The van der Waals surface area contributed by atoms with Gasteiger partial charge >= 0.3 is 5.97 Å². The normalized spacial score (nSPS) is 12.9. The molecule has 1 N–H and O–H groups in total. The summed E-state index contributed by atoms with van der Waals surface area (Å²) in [7, 11) is 0. The molecule has 1 unspecified atom stereocenters. The molecule has 0 fully saturated rings. The van der Waals surface area contributed by atoms with E-state index in [1.807, 2.05) is 25.1 Å². The SMILES string of the molecule is Cc1ccn(C(C)CC(C)(C)c2ccccc2)c(=O)c1C(=O)O. The summed E-state index contributed by atoms with van der Waals surface area (Å²) in [5.74, 6) is -1.17. The van der Waals surface area contributed by atoms with E-state index in [0.29, 0.717) is 5.56 Å². The maximum absolute atomic E-state index is 12.5. The first kappa shape index (κ1) is 17.0. The summed E-state index contributed by atoms with van der Waals surface area (Å²) < 4.78 is 1.53. The molecule has 0 bridgehead atoms. The second-order valence-electron chi connectivity index (χ2n) is 6.69. The van der Waals surface area contributed by atoms with Gasteiger partial charge in [0.05, 0.1) is 0 Å². The Hall–Kier alpha value is -2.36. The Bertz CT molecular complexity index is 760. The van der Waals surface area contributed by atoms with Gasteiger partial charge in [-0.2, -0.15) is 0 Å². The quantitative estimate of drug-likeness (QED) is 0.913. The van der Waals surface area contributed by atoms with Crippen molar-refractivity contribution in [3.63, 3.8) is 0 Å². The molecule has 1 aromatic heterocycles. The van der Waals surface area contributed by atoms with Crippen LogP contribution in [0.25, 0.3) is 0 Å². The summed E-state index contributed by atoms with van der Waals surface area (Å²) in [6.45, 7) is 7.87. The van der Waals surface area contributed by atoms with Gasteiger partial charge in [-0.1, -0.05) is 44.2 Å². The largest absolute Gasteiger partial charge is 0.477 e. The Morgan fingerprint density at radius 2 is 1.83 bits per heavy atom. The van der Waals surface area contributed by atoms with Gasteiger partial charge in [-0.25, -0.2) is 4.79 Å². The number of carbonyl (C=O) groups is 1. The summed E-state index contributed by atoms with van der Waals surface area (Å²) in [4.78, 5) is 23.8. The van der Waals surface area contributed by atoms with Gasteiger partial charge in [-0.05, 0) is 42.9 Å². The van der Waals surface area contributed by atoms with E-state index >= 15 is 0 Å². The third kappa shape index (κ3) is 3.52. The highest BCUT2D eigenvalue weighted by atomic mass is 16.4. The number of hydrogen-bond donors (Lipinski definition) is 1. The van der Waals surface area contributed by atoms with Crippen molar-refractivity contribution in [3.05, 3.63) is 69.6 Å². The molecule has 0 saturated carbocycles. The number of aromatic nitrogens is 1. The first-order valence-electron chi connectivity index (χ1n) is 7.74. The monoisotopic (exact) mass is 313 g/mol. The first-order chi connectivity index (χ1) is 10.7. The number of aromatic carboxylic acids is 1. The molecule has 0 radical (unpaired) electrons. The third-order valence-corrected chi connectivity index (χ3v) is 4.38. The Morgan fingerprint density at radius 3 is 2.39 bits per heavy atom. The van der Waals surface area contributed by atoms with Gasteiger partial charge in [0.25, 0.3) is 5.56 Å². The standard InChI is InChI=1S/C19H23NO3/c1-13-10-11-20(17(21)16(13)18(22)23)14(2)12-19(3,4)15-8-6-5-7-9-15/h5-11,14H,12H2,1-4H3,(H,22,23). The highest BCUT2D eigenvalue weighted by Crippen LogP contribution is 2.31. The number of benzene rings is 1. The lowest BCUT2D eigenvalue weighted by atomic mass is 9.79. The Morgan fingerprint density at radius 1 is 1.22 bits per heavy atom. The lowest BCUT2D eigenvalue weighted by molar-refractivity contribution is 0.0693. The zero-order chi connectivity index (χ0) is 17.2. The van der Waals surface area contributed by atoms with Crippen molar-refractivity contribution in [2.75, 3.05) is 0 Å². The average molecular weight is 313 g/mol.